The van der Waals surface area contributed by atoms with Crippen LogP contribution in [0.15, 0.2) is 23.8 Å². The van der Waals surface area contributed by atoms with Crippen molar-refractivity contribution in [3.05, 3.63) is 23.8 Å². The van der Waals surface area contributed by atoms with Crippen molar-refractivity contribution < 1.29 is 0 Å². The van der Waals surface area contributed by atoms with Crippen molar-refractivity contribution in [2.24, 2.45) is 11.7 Å². The number of hydrogen-bond acceptors (Lipinski definition) is 1. The predicted molar refractivity (Wildman–Crippen MR) is 44.7 cm³/mol. The van der Waals surface area contributed by atoms with Crippen molar-refractivity contribution in [1.82, 2.24) is 0 Å². The summed E-state index contributed by atoms with van der Waals surface area (Å²) in [4.78, 5) is 0. The average Bonchev–Trinajstić information content (AvgIpc) is 1.88. The average molecular weight is 137 g/mol. The lowest BCUT2D eigenvalue weighted by Gasteiger charge is -2.16. The number of nitrogens with two attached hydrogens (primary N) is 1. The van der Waals surface area contributed by atoms with Gasteiger partial charge in [-0.15, -0.1) is 0 Å². The molecule has 2 N–H and O–H groups in total. The first-order chi connectivity index (χ1) is 4.70. The third-order valence-electron chi connectivity index (χ3n) is 1.88. The predicted octanol–water partition coefficient (Wildman–Crippen LogP) is 1.86. The Morgan fingerprint density at radius 1 is 1.60 bits per heavy atom. The van der Waals surface area contributed by atoms with E-state index in [9.17, 15) is 0 Å². The first kappa shape index (κ1) is 7.55. The van der Waals surface area contributed by atoms with Gasteiger partial charge in [0.05, 0.1) is 0 Å². The van der Waals surface area contributed by atoms with Gasteiger partial charge in [-0.2, -0.15) is 0 Å². The van der Waals surface area contributed by atoms with Gasteiger partial charge in [0.15, 0.2) is 0 Å². The van der Waals surface area contributed by atoms with Crippen LogP contribution in [0.25, 0.3) is 0 Å². The summed E-state index contributed by atoms with van der Waals surface area (Å²) in [5.41, 5.74) is 7.20. The van der Waals surface area contributed by atoms with Crippen LogP contribution in [0, 0.1) is 5.92 Å². The Morgan fingerprint density at radius 3 is 2.70 bits per heavy atom. The van der Waals surface area contributed by atoms with E-state index in [1.807, 2.05) is 6.08 Å². The minimum absolute atomic E-state index is 0.252. The van der Waals surface area contributed by atoms with Crippen LogP contribution in [0.1, 0.15) is 20.3 Å². The quantitative estimate of drug-likeness (QED) is 0.586. The molecule has 0 aromatic carbocycles. The standard InChI is InChI=1S/C9H15N/c1-7(2)8-4-3-5-9(10)6-8/h3-5,7,9H,6,10H2,1-2H3. The van der Waals surface area contributed by atoms with Crippen LogP contribution in [-0.4, -0.2) is 6.04 Å². The van der Waals surface area contributed by atoms with Gasteiger partial charge in [-0.3, -0.25) is 0 Å². The lowest BCUT2D eigenvalue weighted by atomic mass is 9.93. The van der Waals surface area contributed by atoms with Crippen molar-refractivity contribution in [3.63, 3.8) is 0 Å². The fourth-order valence-corrected chi connectivity index (χ4v) is 1.16. The van der Waals surface area contributed by atoms with E-state index in [1.165, 1.54) is 5.57 Å². The van der Waals surface area contributed by atoms with Crippen molar-refractivity contribution in [1.29, 1.82) is 0 Å². The van der Waals surface area contributed by atoms with E-state index in [1.54, 1.807) is 0 Å². The Balaban J connectivity index is 2.61. The highest BCUT2D eigenvalue weighted by molar-refractivity contribution is 5.22. The molecule has 1 atom stereocenters. The fraction of sp³-hybridized carbons (Fsp3) is 0.556. The van der Waals surface area contributed by atoms with Crippen molar-refractivity contribution in [3.8, 4) is 0 Å². The van der Waals surface area contributed by atoms with Gasteiger partial charge in [0.2, 0.25) is 0 Å². The van der Waals surface area contributed by atoms with Crippen LogP contribution < -0.4 is 5.73 Å². The first-order valence-electron chi connectivity index (χ1n) is 3.83. The third kappa shape index (κ3) is 1.71. The molecule has 1 aliphatic carbocycles. The number of rotatable bonds is 1. The molecule has 1 rings (SSSR count). The maximum atomic E-state index is 5.74. The molecule has 0 amide bonds. The minimum atomic E-state index is 0.252. The van der Waals surface area contributed by atoms with Crippen LogP contribution in [0.2, 0.25) is 0 Å². The van der Waals surface area contributed by atoms with Crippen LogP contribution in [0.3, 0.4) is 0 Å². The summed E-state index contributed by atoms with van der Waals surface area (Å²) >= 11 is 0. The van der Waals surface area contributed by atoms with Crippen molar-refractivity contribution in [2.45, 2.75) is 26.3 Å². The third-order valence-corrected chi connectivity index (χ3v) is 1.88. The maximum absolute atomic E-state index is 5.74. The Morgan fingerprint density at radius 2 is 2.30 bits per heavy atom. The Hall–Kier alpha value is -0.560. The van der Waals surface area contributed by atoms with Gasteiger partial charge in [-0.25, -0.2) is 0 Å². The van der Waals surface area contributed by atoms with E-state index in [2.05, 4.69) is 26.0 Å². The molecule has 1 heteroatoms. The molecule has 0 aliphatic heterocycles. The lowest BCUT2D eigenvalue weighted by molar-refractivity contribution is 0.666. The van der Waals surface area contributed by atoms with Gasteiger partial charge in [-0.05, 0) is 12.3 Å². The van der Waals surface area contributed by atoms with Gasteiger partial charge in [-0.1, -0.05) is 37.6 Å². The van der Waals surface area contributed by atoms with E-state index in [0.29, 0.717) is 5.92 Å². The Bertz CT molecular complexity index is 166. The Kier molecular flexibility index (Phi) is 2.28. The lowest BCUT2D eigenvalue weighted by Crippen LogP contribution is -2.20. The van der Waals surface area contributed by atoms with Crippen molar-refractivity contribution in [2.75, 3.05) is 0 Å². The summed E-state index contributed by atoms with van der Waals surface area (Å²) in [5, 5.41) is 0. The molecule has 1 unspecified atom stereocenters. The fourth-order valence-electron chi connectivity index (χ4n) is 1.16. The van der Waals surface area contributed by atoms with Crippen LogP contribution in [0.4, 0.5) is 0 Å². The molecule has 0 bridgehead atoms. The molecule has 1 aliphatic rings. The SMILES string of the molecule is CC(C)C1=CC=CC(N)C1. The zero-order valence-electron chi connectivity index (χ0n) is 6.67. The van der Waals surface area contributed by atoms with Crippen molar-refractivity contribution >= 4 is 0 Å². The molecule has 0 spiro atoms. The second kappa shape index (κ2) is 3.02. The molecule has 0 aromatic rings. The van der Waals surface area contributed by atoms with Gasteiger partial charge < -0.3 is 5.73 Å². The van der Waals surface area contributed by atoms with Gasteiger partial charge >= 0.3 is 0 Å². The summed E-state index contributed by atoms with van der Waals surface area (Å²) in [6, 6.07) is 0.252. The number of allylic oxidation sites excluding steroid dienone is 2. The molecule has 0 heterocycles. The topological polar surface area (TPSA) is 26.0 Å². The monoisotopic (exact) mass is 137 g/mol. The summed E-state index contributed by atoms with van der Waals surface area (Å²) in [6.07, 6.45) is 7.32. The molecular formula is C9H15N. The van der Waals surface area contributed by atoms with Gasteiger partial charge in [0.1, 0.15) is 0 Å². The second-order valence-electron chi connectivity index (χ2n) is 3.15. The Labute approximate surface area is 62.6 Å². The summed E-state index contributed by atoms with van der Waals surface area (Å²) in [7, 11) is 0. The first-order valence-corrected chi connectivity index (χ1v) is 3.83. The van der Waals surface area contributed by atoms with E-state index >= 15 is 0 Å². The molecule has 10 heavy (non-hydrogen) atoms. The zero-order valence-corrected chi connectivity index (χ0v) is 6.67. The molecule has 0 saturated carbocycles. The summed E-state index contributed by atoms with van der Waals surface area (Å²) < 4.78 is 0. The molecule has 1 nitrogen and oxygen atoms in total. The highest BCUT2D eigenvalue weighted by Crippen LogP contribution is 2.18. The van der Waals surface area contributed by atoms with Gasteiger partial charge in [0, 0.05) is 6.04 Å². The molecular weight excluding hydrogens is 122 g/mol. The molecule has 56 valence electrons. The second-order valence-corrected chi connectivity index (χ2v) is 3.15. The van der Waals surface area contributed by atoms with E-state index in [4.69, 9.17) is 5.73 Å². The van der Waals surface area contributed by atoms with E-state index in [-0.39, 0.29) is 6.04 Å². The van der Waals surface area contributed by atoms with E-state index in [0.717, 1.165) is 6.42 Å². The molecule has 0 fully saturated rings. The zero-order chi connectivity index (χ0) is 7.56. The largest absolute Gasteiger partial charge is 0.324 e. The minimum Gasteiger partial charge on any atom is -0.324 e. The molecule has 0 aromatic heterocycles. The summed E-state index contributed by atoms with van der Waals surface area (Å²) in [6.45, 7) is 4.41. The van der Waals surface area contributed by atoms with Crippen LogP contribution in [0.5, 0.6) is 0 Å². The highest BCUT2D eigenvalue weighted by atomic mass is 14.6. The summed E-state index contributed by atoms with van der Waals surface area (Å²) in [5.74, 6) is 0.649. The van der Waals surface area contributed by atoms with Crippen LogP contribution in [-0.2, 0) is 0 Å². The smallest absolute Gasteiger partial charge is 0.0264 e. The van der Waals surface area contributed by atoms with Crippen LogP contribution >= 0.6 is 0 Å². The van der Waals surface area contributed by atoms with Gasteiger partial charge in [0.25, 0.3) is 0 Å². The maximum Gasteiger partial charge on any atom is 0.0264 e. The highest BCUT2D eigenvalue weighted by Gasteiger charge is 2.08. The molecule has 0 radical (unpaired) electrons. The van der Waals surface area contributed by atoms with E-state index < -0.39 is 0 Å². The number of hydrogen-bond donors (Lipinski definition) is 1. The normalized spacial score (nSPS) is 25.2. The molecule has 0 saturated heterocycles.